The normalized spacial score (nSPS) is 15.5. The third kappa shape index (κ3) is 3.11. The monoisotopic (exact) mass is 313 g/mol. The fourth-order valence-electron chi connectivity index (χ4n) is 1.85. The molecule has 22 heavy (non-hydrogen) atoms. The Hall–Kier alpha value is -2.76. The molecule has 2 amide bonds. The van der Waals surface area contributed by atoms with Gasteiger partial charge in [-0.3, -0.25) is 0 Å². The van der Waals surface area contributed by atoms with E-state index in [2.05, 4.69) is 10.6 Å². The first-order valence-corrected chi connectivity index (χ1v) is 6.12. The summed E-state index contributed by atoms with van der Waals surface area (Å²) in [5.41, 5.74) is -3.27. The Morgan fingerprint density at radius 2 is 1.95 bits per heavy atom. The van der Waals surface area contributed by atoms with E-state index in [0.717, 1.165) is 12.1 Å². The Kier molecular flexibility index (Phi) is 3.70. The molecule has 0 atom stereocenters. The molecule has 1 fully saturated rings. The van der Waals surface area contributed by atoms with Crippen LogP contribution in [0.1, 0.15) is 24.0 Å². The van der Waals surface area contributed by atoms with Crippen LogP contribution in [0.5, 0.6) is 0 Å². The van der Waals surface area contributed by atoms with Crippen molar-refractivity contribution < 1.29 is 27.9 Å². The number of alkyl halides is 3. The fourth-order valence-corrected chi connectivity index (χ4v) is 1.85. The Bertz CT molecular complexity index is 675. The number of anilines is 1. The lowest BCUT2D eigenvalue weighted by atomic mass is 10.1. The summed E-state index contributed by atoms with van der Waals surface area (Å²) in [7, 11) is 0. The molecule has 3 N–H and O–H groups in total. The summed E-state index contributed by atoms with van der Waals surface area (Å²) >= 11 is 0. The first-order chi connectivity index (χ1) is 10.2. The quantitative estimate of drug-likeness (QED) is 0.797. The van der Waals surface area contributed by atoms with Gasteiger partial charge in [-0.15, -0.1) is 0 Å². The molecule has 1 aliphatic carbocycles. The Morgan fingerprint density at radius 3 is 2.41 bits per heavy atom. The summed E-state index contributed by atoms with van der Waals surface area (Å²) in [6.07, 6.45) is -4.22. The number of halogens is 3. The molecular formula is C13H10F3N3O3. The molecule has 0 spiro atoms. The molecule has 116 valence electrons. The van der Waals surface area contributed by atoms with Gasteiger partial charge in [-0.2, -0.15) is 18.4 Å². The molecule has 0 heterocycles. The number of aliphatic carboxylic acids is 1. The second-order valence-electron chi connectivity index (χ2n) is 4.84. The third-order valence-electron chi connectivity index (χ3n) is 3.22. The summed E-state index contributed by atoms with van der Waals surface area (Å²) < 4.78 is 38.3. The van der Waals surface area contributed by atoms with Crippen molar-refractivity contribution in [1.29, 1.82) is 5.26 Å². The lowest BCUT2D eigenvalue weighted by Gasteiger charge is -2.15. The summed E-state index contributed by atoms with van der Waals surface area (Å²) in [5.74, 6) is -1.20. The van der Waals surface area contributed by atoms with Crippen LogP contribution in [0.15, 0.2) is 18.2 Å². The van der Waals surface area contributed by atoms with E-state index in [1.165, 1.54) is 6.07 Å². The van der Waals surface area contributed by atoms with Gasteiger partial charge < -0.3 is 15.7 Å². The maximum Gasteiger partial charge on any atom is 0.417 e. The lowest BCUT2D eigenvalue weighted by molar-refractivity contribution is -0.140. The minimum Gasteiger partial charge on any atom is -0.480 e. The molecule has 2 rings (SSSR count). The van der Waals surface area contributed by atoms with Crippen LogP contribution in [0.2, 0.25) is 0 Å². The number of nitrogens with zero attached hydrogens (tertiary/aromatic N) is 1. The zero-order chi connectivity index (χ0) is 16.5. The van der Waals surface area contributed by atoms with Gasteiger partial charge in [0.05, 0.1) is 17.2 Å². The van der Waals surface area contributed by atoms with Crippen molar-refractivity contribution in [3.8, 4) is 6.07 Å². The van der Waals surface area contributed by atoms with Gasteiger partial charge in [-0.05, 0) is 31.0 Å². The highest BCUT2D eigenvalue weighted by Gasteiger charge is 2.51. The summed E-state index contributed by atoms with van der Waals surface area (Å²) in [5, 5.41) is 21.9. The van der Waals surface area contributed by atoms with E-state index in [0.29, 0.717) is 6.07 Å². The highest BCUT2D eigenvalue weighted by Crippen LogP contribution is 2.36. The molecule has 0 aromatic heterocycles. The predicted molar refractivity (Wildman–Crippen MR) is 67.9 cm³/mol. The predicted octanol–water partition coefficient (Wildman–Crippen LogP) is 2.32. The van der Waals surface area contributed by atoms with E-state index in [9.17, 15) is 22.8 Å². The molecule has 1 aromatic carbocycles. The number of amides is 2. The molecule has 0 saturated heterocycles. The molecule has 0 bridgehead atoms. The topological polar surface area (TPSA) is 102 Å². The van der Waals surface area contributed by atoms with Crippen molar-refractivity contribution in [3.05, 3.63) is 29.3 Å². The van der Waals surface area contributed by atoms with E-state index >= 15 is 0 Å². The maximum atomic E-state index is 12.8. The van der Waals surface area contributed by atoms with Crippen LogP contribution < -0.4 is 10.6 Å². The van der Waals surface area contributed by atoms with E-state index in [4.69, 9.17) is 10.4 Å². The Balaban J connectivity index is 2.16. The van der Waals surface area contributed by atoms with Crippen molar-refractivity contribution in [2.45, 2.75) is 24.6 Å². The first kappa shape index (κ1) is 15.6. The first-order valence-electron chi connectivity index (χ1n) is 6.12. The van der Waals surface area contributed by atoms with E-state index in [1.807, 2.05) is 0 Å². The van der Waals surface area contributed by atoms with Crippen LogP contribution in [0.4, 0.5) is 23.7 Å². The molecule has 0 aliphatic heterocycles. The van der Waals surface area contributed by atoms with Crippen molar-refractivity contribution in [2.75, 3.05) is 5.32 Å². The number of carbonyl (C=O) groups is 2. The zero-order valence-corrected chi connectivity index (χ0v) is 11.0. The van der Waals surface area contributed by atoms with Crippen LogP contribution in [-0.4, -0.2) is 22.6 Å². The molecule has 1 aliphatic rings. The lowest BCUT2D eigenvalue weighted by Crippen LogP contribution is -2.45. The van der Waals surface area contributed by atoms with Crippen LogP contribution in [0.3, 0.4) is 0 Å². The van der Waals surface area contributed by atoms with Gasteiger partial charge in [-0.25, -0.2) is 9.59 Å². The second-order valence-corrected chi connectivity index (χ2v) is 4.84. The van der Waals surface area contributed by atoms with Crippen LogP contribution >= 0.6 is 0 Å². The fraction of sp³-hybridized carbons (Fsp3) is 0.308. The number of nitriles is 1. The standard InChI is InChI=1S/C13H10F3N3O3/c14-13(15,16)9-5-8(2-1-7(9)6-17)18-11(22)19-12(3-4-12)10(20)21/h1-2,5H,3-4H2,(H,20,21)(H2,18,19,22). The molecule has 0 unspecified atom stereocenters. The number of benzene rings is 1. The maximum absolute atomic E-state index is 12.8. The number of carboxylic acids is 1. The third-order valence-corrected chi connectivity index (χ3v) is 3.22. The van der Waals surface area contributed by atoms with Gasteiger partial charge in [0.15, 0.2) is 0 Å². The Morgan fingerprint density at radius 1 is 1.32 bits per heavy atom. The smallest absolute Gasteiger partial charge is 0.417 e. The molecule has 1 aromatic rings. The summed E-state index contributed by atoms with van der Waals surface area (Å²) in [6, 6.07) is 3.19. The number of rotatable bonds is 3. The van der Waals surface area contributed by atoms with Crippen molar-refractivity contribution in [1.82, 2.24) is 5.32 Å². The number of carboxylic acid groups (broad SMARTS) is 1. The molecule has 9 heteroatoms. The van der Waals surface area contributed by atoms with Crippen LogP contribution in [-0.2, 0) is 11.0 Å². The number of hydrogen-bond acceptors (Lipinski definition) is 3. The zero-order valence-electron chi connectivity index (χ0n) is 11.0. The van der Waals surface area contributed by atoms with E-state index in [1.54, 1.807) is 0 Å². The van der Waals surface area contributed by atoms with E-state index in [-0.39, 0.29) is 18.5 Å². The largest absolute Gasteiger partial charge is 0.480 e. The van der Waals surface area contributed by atoms with Gasteiger partial charge in [0.1, 0.15) is 5.54 Å². The molecule has 1 saturated carbocycles. The minimum atomic E-state index is -4.74. The highest BCUT2D eigenvalue weighted by atomic mass is 19.4. The number of carbonyl (C=O) groups excluding carboxylic acids is 1. The molecule has 0 radical (unpaired) electrons. The summed E-state index contributed by atoms with van der Waals surface area (Å²) in [6.45, 7) is 0. The van der Waals surface area contributed by atoms with Gasteiger partial charge in [-0.1, -0.05) is 0 Å². The van der Waals surface area contributed by atoms with Gasteiger partial charge in [0.2, 0.25) is 0 Å². The Labute approximate surface area is 122 Å². The number of nitrogens with one attached hydrogen (secondary N) is 2. The minimum absolute atomic E-state index is 0.190. The summed E-state index contributed by atoms with van der Waals surface area (Å²) in [4.78, 5) is 22.6. The van der Waals surface area contributed by atoms with Gasteiger partial charge in [0.25, 0.3) is 0 Å². The average Bonchev–Trinajstić information content (AvgIpc) is 3.18. The van der Waals surface area contributed by atoms with Crippen LogP contribution in [0.25, 0.3) is 0 Å². The molecular weight excluding hydrogens is 303 g/mol. The van der Waals surface area contributed by atoms with Crippen LogP contribution in [0, 0.1) is 11.3 Å². The second kappa shape index (κ2) is 5.22. The van der Waals surface area contributed by atoms with E-state index < -0.39 is 34.8 Å². The number of urea groups is 1. The SMILES string of the molecule is N#Cc1ccc(NC(=O)NC2(C(=O)O)CC2)cc1C(F)(F)F. The molecule has 6 nitrogen and oxygen atoms in total. The van der Waals surface area contributed by atoms with Gasteiger partial charge >= 0.3 is 18.2 Å². The van der Waals surface area contributed by atoms with Crippen molar-refractivity contribution >= 4 is 17.7 Å². The van der Waals surface area contributed by atoms with Crippen molar-refractivity contribution in [2.24, 2.45) is 0 Å². The average molecular weight is 313 g/mol. The highest BCUT2D eigenvalue weighted by molar-refractivity contribution is 5.95. The van der Waals surface area contributed by atoms with Gasteiger partial charge in [0, 0.05) is 5.69 Å². The number of hydrogen-bond donors (Lipinski definition) is 3. The van der Waals surface area contributed by atoms with Crippen molar-refractivity contribution in [3.63, 3.8) is 0 Å².